The van der Waals surface area contributed by atoms with Crippen LogP contribution in [0.15, 0.2) is 36.4 Å². The van der Waals surface area contributed by atoms with Gasteiger partial charge in [-0.05, 0) is 49.6 Å². The van der Waals surface area contributed by atoms with Crippen LogP contribution in [-0.2, 0) is 0 Å². The van der Waals surface area contributed by atoms with Gasteiger partial charge in [0.25, 0.3) is 0 Å². The number of nitrogens with zero attached hydrogens (tertiary/aromatic N) is 4. The van der Waals surface area contributed by atoms with E-state index in [2.05, 4.69) is 51.6 Å². The summed E-state index contributed by atoms with van der Waals surface area (Å²) in [5.74, 6) is 0.679. The second kappa shape index (κ2) is 6.44. The number of anilines is 2. The molecule has 3 rings (SSSR count). The van der Waals surface area contributed by atoms with E-state index >= 15 is 0 Å². The molecule has 0 radical (unpaired) electrons. The minimum absolute atomic E-state index is 0.129. The Labute approximate surface area is 130 Å². The van der Waals surface area contributed by atoms with Crippen LogP contribution in [0.3, 0.4) is 0 Å². The third-order valence-corrected chi connectivity index (χ3v) is 3.98. The van der Waals surface area contributed by atoms with Crippen molar-refractivity contribution in [1.82, 2.24) is 10.2 Å². The zero-order valence-electron chi connectivity index (χ0n) is 12.7. The van der Waals surface area contributed by atoms with Gasteiger partial charge in [-0.15, -0.1) is 10.2 Å². The van der Waals surface area contributed by atoms with Gasteiger partial charge in [-0.25, -0.2) is 0 Å². The summed E-state index contributed by atoms with van der Waals surface area (Å²) >= 11 is 0. The van der Waals surface area contributed by atoms with Crippen molar-refractivity contribution in [2.75, 3.05) is 23.3 Å². The van der Waals surface area contributed by atoms with E-state index < -0.39 is 0 Å². The van der Waals surface area contributed by atoms with Crippen LogP contribution in [0.5, 0.6) is 0 Å². The molecule has 1 aliphatic heterocycles. The van der Waals surface area contributed by atoms with Gasteiger partial charge >= 0.3 is 0 Å². The van der Waals surface area contributed by atoms with Crippen molar-refractivity contribution in [2.45, 2.75) is 25.8 Å². The summed E-state index contributed by atoms with van der Waals surface area (Å²) in [6.07, 6.45) is 2.55. The molecule has 1 fully saturated rings. The summed E-state index contributed by atoms with van der Waals surface area (Å²) < 4.78 is 0. The summed E-state index contributed by atoms with van der Waals surface area (Å²) in [6.45, 7) is 4.39. The largest absolute Gasteiger partial charge is 0.372 e. The summed E-state index contributed by atoms with van der Waals surface area (Å²) in [5, 5.41) is 19.9. The van der Waals surface area contributed by atoms with E-state index in [0.717, 1.165) is 13.1 Å². The first-order valence-corrected chi connectivity index (χ1v) is 7.61. The normalized spacial score (nSPS) is 15.4. The van der Waals surface area contributed by atoms with E-state index in [-0.39, 0.29) is 6.04 Å². The fourth-order valence-corrected chi connectivity index (χ4v) is 2.74. The van der Waals surface area contributed by atoms with Gasteiger partial charge in [-0.3, -0.25) is 0 Å². The number of nitriles is 1. The smallest absolute Gasteiger partial charge is 0.163 e. The summed E-state index contributed by atoms with van der Waals surface area (Å²) in [5.41, 5.74) is 2.83. The Morgan fingerprint density at radius 2 is 2.00 bits per heavy atom. The molecule has 5 heteroatoms. The molecular weight excluding hydrogens is 274 g/mol. The lowest BCUT2D eigenvalue weighted by molar-refractivity contribution is 0.855. The maximum Gasteiger partial charge on any atom is 0.163 e. The Hall–Kier alpha value is -2.61. The molecule has 1 aromatic heterocycles. The molecule has 1 saturated heterocycles. The molecule has 1 aromatic carbocycles. The molecule has 22 heavy (non-hydrogen) atoms. The Kier molecular flexibility index (Phi) is 4.19. The lowest BCUT2D eigenvalue weighted by Gasteiger charge is -2.20. The fourth-order valence-electron chi connectivity index (χ4n) is 2.74. The molecule has 0 amide bonds. The van der Waals surface area contributed by atoms with Gasteiger partial charge in [0.2, 0.25) is 0 Å². The van der Waals surface area contributed by atoms with Gasteiger partial charge in [0, 0.05) is 18.8 Å². The zero-order valence-corrected chi connectivity index (χ0v) is 12.7. The van der Waals surface area contributed by atoms with Gasteiger partial charge in [-0.1, -0.05) is 12.1 Å². The lowest BCUT2D eigenvalue weighted by Crippen LogP contribution is -2.18. The van der Waals surface area contributed by atoms with Gasteiger partial charge in [0.05, 0.1) is 6.04 Å². The molecule has 2 heterocycles. The molecule has 1 aliphatic rings. The molecular formula is C17H19N5. The zero-order chi connectivity index (χ0) is 15.4. The quantitative estimate of drug-likeness (QED) is 0.938. The number of benzene rings is 1. The van der Waals surface area contributed by atoms with Crippen LogP contribution < -0.4 is 10.2 Å². The maximum absolute atomic E-state index is 8.75. The van der Waals surface area contributed by atoms with Gasteiger partial charge in [0.15, 0.2) is 5.69 Å². The van der Waals surface area contributed by atoms with E-state index in [1.807, 2.05) is 6.07 Å². The Morgan fingerprint density at radius 3 is 2.68 bits per heavy atom. The molecule has 0 bridgehead atoms. The second-order valence-electron chi connectivity index (χ2n) is 5.57. The van der Waals surface area contributed by atoms with E-state index in [1.165, 1.54) is 24.1 Å². The predicted octanol–water partition coefficient (Wildman–Crippen LogP) is 3.12. The molecule has 0 spiro atoms. The highest BCUT2D eigenvalue weighted by atomic mass is 15.2. The van der Waals surface area contributed by atoms with Crippen LogP contribution in [0.1, 0.15) is 37.1 Å². The topological polar surface area (TPSA) is 64.8 Å². The monoisotopic (exact) mass is 293 g/mol. The fraction of sp³-hybridized carbons (Fsp3) is 0.353. The van der Waals surface area contributed by atoms with Crippen LogP contribution >= 0.6 is 0 Å². The van der Waals surface area contributed by atoms with E-state index in [1.54, 1.807) is 12.1 Å². The molecule has 1 atom stereocenters. The Balaban J connectivity index is 1.72. The number of hydrogen-bond donors (Lipinski definition) is 1. The third kappa shape index (κ3) is 3.17. The predicted molar refractivity (Wildman–Crippen MR) is 86.7 cm³/mol. The van der Waals surface area contributed by atoms with Crippen molar-refractivity contribution in [3.63, 3.8) is 0 Å². The van der Waals surface area contributed by atoms with Crippen molar-refractivity contribution >= 4 is 11.5 Å². The Bertz CT molecular complexity index is 668. The molecule has 2 aromatic rings. The minimum Gasteiger partial charge on any atom is -0.372 e. The summed E-state index contributed by atoms with van der Waals surface area (Å²) in [7, 11) is 0. The average molecular weight is 293 g/mol. The van der Waals surface area contributed by atoms with Crippen LogP contribution in [-0.4, -0.2) is 23.3 Å². The first-order valence-electron chi connectivity index (χ1n) is 7.61. The average Bonchev–Trinajstić information content (AvgIpc) is 3.10. The number of rotatable bonds is 4. The molecule has 1 unspecified atom stereocenters. The molecule has 0 saturated carbocycles. The molecule has 0 aliphatic carbocycles. The van der Waals surface area contributed by atoms with Crippen molar-refractivity contribution in [3.05, 3.63) is 47.7 Å². The highest BCUT2D eigenvalue weighted by Crippen LogP contribution is 2.25. The first-order chi connectivity index (χ1) is 10.8. The molecule has 1 N–H and O–H groups in total. The van der Waals surface area contributed by atoms with Gasteiger partial charge < -0.3 is 10.2 Å². The highest BCUT2D eigenvalue weighted by Gasteiger charge is 2.14. The van der Waals surface area contributed by atoms with Gasteiger partial charge in [0.1, 0.15) is 11.9 Å². The van der Waals surface area contributed by atoms with Crippen molar-refractivity contribution in [1.29, 1.82) is 5.26 Å². The summed E-state index contributed by atoms with van der Waals surface area (Å²) in [6, 6.07) is 14.2. The van der Waals surface area contributed by atoms with Crippen molar-refractivity contribution in [2.24, 2.45) is 0 Å². The Morgan fingerprint density at radius 1 is 1.18 bits per heavy atom. The SMILES string of the molecule is CC(Nc1ccc(C#N)nn1)c1cccc(N2CCCC2)c1. The maximum atomic E-state index is 8.75. The minimum atomic E-state index is 0.129. The van der Waals surface area contributed by atoms with Crippen LogP contribution in [0.4, 0.5) is 11.5 Å². The van der Waals surface area contributed by atoms with E-state index in [4.69, 9.17) is 5.26 Å². The first kappa shape index (κ1) is 14.3. The molecule has 5 nitrogen and oxygen atoms in total. The number of nitrogens with one attached hydrogen (secondary N) is 1. The van der Waals surface area contributed by atoms with Crippen LogP contribution in [0.25, 0.3) is 0 Å². The van der Waals surface area contributed by atoms with Crippen molar-refractivity contribution < 1.29 is 0 Å². The van der Waals surface area contributed by atoms with Crippen molar-refractivity contribution in [3.8, 4) is 6.07 Å². The third-order valence-electron chi connectivity index (χ3n) is 3.98. The standard InChI is InChI=1S/C17H19N5/c1-13(19-17-8-7-15(12-18)20-21-17)14-5-4-6-16(11-14)22-9-2-3-10-22/h4-8,11,13H,2-3,9-10H2,1H3,(H,19,21). The number of aromatic nitrogens is 2. The highest BCUT2D eigenvalue weighted by molar-refractivity contribution is 5.51. The molecule has 112 valence electrons. The number of hydrogen-bond acceptors (Lipinski definition) is 5. The lowest BCUT2D eigenvalue weighted by atomic mass is 10.1. The van der Waals surface area contributed by atoms with Crippen LogP contribution in [0.2, 0.25) is 0 Å². The van der Waals surface area contributed by atoms with E-state index in [9.17, 15) is 0 Å². The second-order valence-corrected chi connectivity index (χ2v) is 5.57. The van der Waals surface area contributed by atoms with E-state index in [0.29, 0.717) is 11.5 Å². The van der Waals surface area contributed by atoms with Gasteiger partial charge in [-0.2, -0.15) is 5.26 Å². The van der Waals surface area contributed by atoms with Crippen LogP contribution in [0, 0.1) is 11.3 Å². The summed E-state index contributed by atoms with van der Waals surface area (Å²) in [4.78, 5) is 2.43.